The summed E-state index contributed by atoms with van der Waals surface area (Å²) in [6.07, 6.45) is 2.40. The van der Waals surface area contributed by atoms with Crippen LogP contribution in [0.1, 0.15) is 12.0 Å². The number of hydrogen-bond donors (Lipinski definition) is 1. The summed E-state index contributed by atoms with van der Waals surface area (Å²) < 4.78 is 0. The summed E-state index contributed by atoms with van der Waals surface area (Å²) in [5, 5.41) is 7.88. The smallest absolute Gasteiger partial charge is 0.0104 e. The molecule has 1 N–H and O–H groups in total. The van der Waals surface area contributed by atoms with Gasteiger partial charge in [0.25, 0.3) is 0 Å². The van der Waals surface area contributed by atoms with Gasteiger partial charge in [-0.25, -0.2) is 0 Å². The fraction of sp³-hybridized carbons (Fsp3) is 0.714. The van der Waals surface area contributed by atoms with Crippen molar-refractivity contribution in [3.8, 4) is 0 Å². The fourth-order valence-corrected chi connectivity index (χ4v) is 2.53. The maximum absolute atomic E-state index is 3.51. The van der Waals surface area contributed by atoms with Crippen LogP contribution in [0.5, 0.6) is 0 Å². The van der Waals surface area contributed by atoms with E-state index in [0.717, 1.165) is 26.1 Å². The van der Waals surface area contributed by atoms with Gasteiger partial charge in [-0.2, -0.15) is 11.3 Å². The molecule has 1 aromatic heterocycles. The van der Waals surface area contributed by atoms with Crippen LogP contribution in [0.15, 0.2) is 16.8 Å². The van der Waals surface area contributed by atoms with E-state index >= 15 is 0 Å². The zero-order valence-corrected chi connectivity index (χ0v) is 12.8. The minimum absolute atomic E-state index is 1.09. The molecule has 1 heterocycles. The Bertz CT molecular complexity index is 285. The fourth-order valence-electron chi connectivity index (χ4n) is 1.83. The van der Waals surface area contributed by atoms with Crippen LogP contribution in [-0.2, 0) is 6.42 Å². The average molecular weight is 269 g/mol. The Morgan fingerprint density at radius 1 is 1.11 bits per heavy atom. The Morgan fingerprint density at radius 2 is 1.94 bits per heavy atom. The Balaban J connectivity index is 1.90. The van der Waals surface area contributed by atoms with Crippen molar-refractivity contribution < 1.29 is 0 Å². The van der Waals surface area contributed by atoms with Crippen LogP contribution in [0.2, 0.25) is 0 Å². The molecule has 4 heteroatoms. The van der Waals surface area contributed by atoms with Gasteiger partial charge in [-0.15, -0.1) is 0 Å². The SMILES string of the molecule is CN(C)CCCN(C)CCNCCc1ccsc1. The van der Waals surface area contributed by atoms with E-state index in [-0.39, 0.29) is 0 Å². The molecule has 0 saturated carbocycles. The predicted octanol–water partition coefficient (Wildman–Crippen LogP) is 1.76. The molecule has 0 fully saturated rings. The highest BCUT2D eigenvalue weighted by molar-refractivity contribution is 7.07. The first-order chi connectivity index (χ1) is 8.68. The van der Waals surface area contributed by atoms with E-state index in [9.17, 15) is 0 Å². The molecule has 3 nitrogen and oxygen atoms in total. The molecule has 1 rings (SSSR count). The molecule has 104 valence electrons. The minimum atomic E-state index is 1.09. The van der Waals surface area contributed by atoms with Gasteiger partial charge in [0.1, 0.15) is 0 Å². The van der Waals surface area contributed by atoms with Crippen molar-refractivity contribution in [2.24, 2.45) is 0 Å². The summed E-state index contributed by atoms with van der Waals surface area (Å²) in [7, 11) is 6.47. The van der Waals surface area contributed by atoms with Crippen LogP contribution in [-0.4, -0.2) is 63.7 Å². The second-order valence-electron chi connectivity index (χ2n) is 5.09. The molecular formula is C14H27N3S. The van der Waals surface area contributed by atoms with Crippen LogP contribution >= 0.6 is 11.3 Å². The molecule has 0 amide bonds. The Kier molecular flexibility index (Phi) is 8.25. The number of rotatable bonds is 10. The van der Waals surface area contributed by atoms with Gasteiger partial charge in [-0.05, 0) is 76.0 Å². The lowest BCUT2D eigenvalue weighted by Gasteiger charge is -2.18. The normalized spacial score (nSPS) is 11.6. The average Bonchev–Trinajstić information content (AvgIpc) is 2.81. The minimum Gasteiger partial charge on any atom is -0.315 e. The zero-order chi connectivity index (χ0) is 13.2. The molecular weight excluding hydrogens is 242 g/mol. The highest BCUT2D eigenvalue weighted by Crippen LogP contribution is 2.05. The number of hydrogen-bond acceptors (Lipinski definition) is 4. The van der Waals surface area contributed by atoms with Crippen molar-refractivity contribution in [3.63, 3.8) is 0 Å². The first-order valence-corrected chi connectivity index (χ1v) is 7.68. The van der Waals surface area contributed by atoms with Gasteiger partial charge < -0.3 is 15.1 Å². The van der Waals surface area contributed by atoms with Crippen molar-refractivity contribution in [2.45, 2.75) is 12.8 Å². The predicted molar refractivity (Wildman–Crippen MR) is 81.6 cm³/mol. The van der Waals surface area contributed by atoms with Crippen molar-refractivity contribution in [2.75, 3.05) is 53.9 Å². The maximum atomic E-state index is 3.51. The zero-order valence-electron chi connectivity index (χ0n) is 12.0. The molecule has 0 aromatic carbocycles. The number of thiophene rings is 1. The molecule has 0 spiro atoms. The molecule has 0 aliphatic carbocycles. The van der Waals surface area contributed by atoms with Gasteiger partial charge in [0.05, 0.1) is 0 Å². The van der Waals surface area contributed by atoms with Crippen LogP contribution < -0.4 is 5.32 Å². The van der Waals surface area contributed by atoms with Crippen LogP contribution in [0.25, 0.3) is 0 Å². The molecule has 0 bridgehead atoms. The molecule has 0 atom stereocenters. The van der Waals surface area contributed by atoms with E-state index in [0.29, 0.717) is 0 Å². The lowest BCUT2D eigenvalue weighted by atomic mass is 10.2. The van der Waals surface area contributed by atoms with Gasteiger partial charge in [0, 0.05) is 13.1 Å². The molecule has 1 aromatic rings. The quantitative estimate of drug-likeness (QED) is 0.653. The van der Waals surface area contributed by atoms with E-state index < -0.39 is 0 Å². The van der Waals surface area contributed by atoms with Gasteiger partial charge in [0.2, 0.25) is 0 Å². The maximum Gasteiger partial charge on any atom is 0.0104 e. The van der Waals surface area contributed by atoms with Gasteiger partial charge >= 0.3 is 0 Å². The Morgan fingerprint density at radius 3 is 2.61 bits per heavy atom. The number of likely N-dealkylation sites (N-methyl/N-ethyl adjacent to an activating group) is 1. The Hall–Kier alpha value is -0.420. The van der Waals surface area contributed by atoms with Gasteiger partial charge in [-0.3, -0.25) is 0 Å². The third kappa shape index (κ3) is 7.82. The van der Waals surface area contributed by atoms with Crippen LogP contribution in [0.3, 0.4) is 0 Å². The third-order valence-corrected chi connectivity index (χ3v) is 3.72. The molecule has 0 saturated heterocycles. The Labute approximate surface area is 116 Å². The van der Waals surface area contributed by atoms with Crippen molar-refractivity contribution in [1.82, 2.24) is 15.1 Å². The number of nitrogens with zero attached hydrogens (tertiary/aromatic N) is 2. The van der Waals surface area contributed by atoms with Crippen molar-refractivity contribution in [1.29, 1.82) is 0 Å². The highest BCUT2D eigenvalue weighted by atomic mass is 32.1. The monoisotopic (exact) mass is 269 g/mol. The van der Waals surface area contributed by atoms with E-state index in [4.69, 9.17) is 0 Å². The summed E-state index contributed by atoms with van der Waals surface area (Å²) in [5.41, 5.74) is 1.45. The van der Waals surface area contributed by atoms with Crippen molar-refractivity contribution in [3.05, 3.63) is 22.4 Å². The third-order valence-electron chi connectivity index (χ3n) is 2.99. The lowest BCUT2D eigenvalue weighted by molar-refractivity contribution is 0.300. The molecule has 0 aliphatic heterocycles. The van der Waals surface area contributed by atoms with Crippen molar-refractivity contribution >= 4 is 11.3 Å². The van der Waals surface area contributed by atoms with E-state index in [1.807, 2.05) is 0 Å². The molecule has 0 unspecified atom stereocenters. The van der Waals surface area contributed by atoms with E-state index in [1.165, 1.54) is 25.1 Å². The standard InChI is InChI=1S/C14H27N3S/c1-16(2)9-4-10-17(3)11-8-15-7-5-14-6-12-18-13-14/h6,12-13,15H,4-5,7-11H2,1-3H3. The van der Waals surface area contributed by atoms with Crippen LogP contribution in [0, 0.1) is 0 Å². The topological polar surface area (TPSA) is 18.5 Å². The summed E-state index contributed by atoms with van der Waals surface area (Å²) in [6, 6.07) is 2.21. The summed E-state index contributed by atoms with van der Waals surface area (Å²) in [5.74, 6) is 0. The largest absolute Gasteiger partial charge is 0.315 e. The summed E-state index contributed by atoms with van der Waals surface area (Å²) in [4.78, 5) is 4.65. The van der Waals surface area contributed by atoms with Gasteiger partial charge in [-0.1, -0.05) is 0 Å². The van der Waals surface area contributed by atoms with Gasteiger partial charge in [0.15, 0.2) is 0 Å². The first kappa shape index (κ1) is 15.6. The summed E-state index contributed by atoms with van der Waals surface area (Å²) >= 11 is 1.78. The van der Waals surface area contributed by atoms with Crippen LogP contribution in [0.4, 0.5) is 0 Å². The summed E-state index contributed by atoms with van der Waals surface area (Å²) in [6.45, 7) is 5.67. The first-order valence-electron chi connectivity index (χ1n) is 6.73. The molecule has 18 heavy (non-hydrogen) atoms. The second kappa shape index (κ2) is 9.50. The van der Waals surface area contributed by atoms with E-state index in [2.05, 4.69) is 53.1 Å². The molecule has 0 radical (unpaired) electrons. The van der Waals surface area contributed by atoms with E-state index in [1.54, 1.807) is 11.3 Å². The highest BCUT2D eigenvalue weighted by Gasteiger charge is 1.99. The number of nitrogens with one attached hydrogen (secondary N) is 1. The molecule has 0 aliphatic rings. The second-order valence-corrected chi connectivity index (χ2v) is 5.87. The lowest BCUT2D eigenvalue weighted by Crippen LogP contribution is -2.32.